The Kier molecular flexibility index (Phi) is 13.4. The van der Waals surface area contributed by atoms with Gasteiger partial charge in [-0.3, -0.25) is 4.79 Å². The summed E-state index contributed by atoms with van der Waals surface area (Å²) in [6, 6.07) is 7.83. The molecular weight excluding hydrogens is 340 g/mol. The van der Waals surface area contributed by atoms with Gasteiger partial charge < -0.3 is 4.74 Å². The molecule has 0 saturated carbocycles. The lowest BCUT2D eigenvalue weighted by atomic mass is 9.94. The Balaban J connectivity index is 2.47. The highest BCUT2D eigenvalue weighted by Gasteiger charge is 2.20. The van der Waals surface area contributed by atoms with Gasteiger partial charge in [0.05, 0.1) is 5.92 Å². The topological polar surface area (TPSA) is 26.3 Å². The molecule has 0 bridgehead atoms. The second-order valence-corrected chi connectivity index (χ2v) is 8.08. The Morgan fingerprint density at radius 3 is 1.88 bits per heavy atom. The van der Waals surface area contributed by atoms with Crippen molar-refractivity contribution in [1.29, 1.82) is 0 Å². The zero-order chi connectivity index (χ0) is 19.0. The molecule has 1 atom stereocenters. The van der Waals surface area contributed by atoms with Gasteiger partial charge in [0.2, 0.25) is 0 Å². The number of rotatable bonds is 15. The maximum Gasteiger partial charge on any atom is 0.314 e. The average molecular weight is 379 g/mol. The molecule has 0 spiro atoms. The normalized spacial score (nSPS) is 12.1. The van der Waals surface area contributed by atoms with Crippen LogP contribution in [0.25, 0.3) is 0 Å². The van der Waals surface area contributed by atoms with Gasteiger partial charge in [0.1, 0.15) is 5.75 Å². The summed E-state index contributed by atoms with van der Waals surface area (Å²) in [5, 5.41) is 0. The van der Waals surface area contributed by atoms with Crippen LogP contribution in [-0.2, 0) is 4.79 Å². The van der Waals surface area contributed by atoms with Crippen LogP contribution in [0.4, 0.5) is 0 Å². The lowest BCUT2D eigenvalue weighted by Crippen LogP contribution is -2.20. The Morgan fingerprint density at radius 2 is 1.35 bits per heavy atom. The zero-order valence-electron chi connectivity index (χ0n) is 17.1. The number of carbonyl (C=O) groups is 1. The summed E-state index contributed by atoms with van der Waals surface area (Å²) in [6.07, 6.45) is 16.4. The van der Waals surface area contributed by atoms with Gasteiger partial charge in [-0.1, -0.05) is 78.1 Å². The van der Waals surface area contributed by atoms with Gasteiger partial charge >= 0.3 is 5.97 Å². The summed E-state index contributed by atoms with van der Waals surface area (Å²) in [7, 11) is 0. The predicted molar refractivity (Wildman–Crippen MR) is 114 cm³/mol. The maximum atomic E-state index is 12.7. The highest BCUT2D eigenvalue weighted by molar-refractivity contribution is 7.98. The molecule has 1 aromatic rings. The first kappa shape index (κ1) is 23.1. The van der Waals surface area contributed by atoms with E-state index in [1.165, 1.54) is 56.3 Å². The van der Waals surface area contributed by atoms with Crippen LogP contribution in [-0.4, -0.2) is 12.2 Å². The highest BCUT2D eigenvalue weighted by Crippen LogP contribution is 2.23. The standard InChI is InChI=1S/C23H38O2S/c1-4-6-8-10-11-13-15-20(14-12-9-7-5-2)23(24)25-21-16-18-22(26-3)19-17-21/h16-20H,4-15H2,1-3H3. The van der Waals surface area contributed by atoms with Crippen LogP contribution >= 0.6 is 11.8 Å². The summed E-state index contributed by atoms with van der Waals surface area (Å²) in [4.78, 5) is 13.9. The molecule has 0 fully saturated rings. The minimum absolute atomic E-state index is 0.0352. The summed E-state index contributed by atoms with van der Waals surface area (Å²) in [5.41, 5.74) is 0. The number of carbonyl (C=O) groups excluding carboxylic acids is 1. The zero-order valence-corrected chi connectivity index (χ0v) is 17.9. The molecule has 0 aliphatic rings. The Labute approximate surface area is 165 Å². The summed E-state index contributed by atoms with van der Waals surface area (Å²) < 4.78 is 5.68. The molecule has 26 heavy (non-hydrogen) atoms. The number of thioether (sulfide) groups is 1. The van der Waals surface area contributed by atoms with Crippen molar-refractivity contribution in [2.45, 2.75) is 95.8 Å². The fourth-order valence-corrected chi connectivity index (χ4v) is 3.62. The van der Waals surface area contributed by atoms with Crippen molar-refractivity contribution < 1.29 is 9.53 Å². The van der Waals surface area contributed by atoms with E-state index in [2.05, 4.69) is 13.8 Å². The summed E-state index contributed by atoms with van der Waals surface area (Å²) in [6.45, 7) is 4.47. The van der Waals surface area contributed by atoms with Gasteiger partial charge in [-0.2, -0.15) is 0 Å². The average Bonchev–Trinajstić information content (AvgIpc) is 2.66. The molecule has 0 N–H and O–H groups in total. The van der Waals surface area contributed by atoms with Crippen LogP contribution in [0.3, 0.4) is 0 Å². The van der Waals surface area contributed by atoms with Crippen molar-refractivity contribution in [1.82, 2.24) is 0 Å². The first-order chi connectivity index (χ1) is 12.7. The largest absolute Gasteiger partial charge is 0.426 e. The minimum atomic E-state index is -0.0352. The van der Waals surface area contributed by atoms with E-state index in [0.717, 1.165) is 25.7 Å². The maximum absolute atomic E-state index is 12.7. The molecule has 0 radical (unpaired) electrons. The second-order valence-electron chi connectivity index (χ2n) is 7.20. The van der Waals surface area contributed by atoms with Crippen LogP contribution in [0, 0.1) is 5.92 Å². The third-order valence-electron chi connectivity index (χ3n) is 4.92. The van der Waals surface area contributed by atoms with Gasteiger partial charge in [-0.15, -0.1) is 11.8 Å². The number of benzene rings is 1. The molecule has 148 valence electrons. The Bertz CT molecular complexity index is 470. The summed E-state index contributed by atoms with van der Waals surface area (Å²) in [5.74, 6) is 0.694. The number of hydrogen-bond acceptors (Lipinski definition) is 3. The lowest BCUT2D eigenvalue weighted by molar-refractivity contribution is -0.139. The van der Waals surface area contributed by atoms with E-state index in [1.807, 2.05) is 30.5 Å². The van der Waals surface area contributed by atoms with Crippen molar-refractivity contribution in [3.05, 3.63) is 24.3 Å². The summed E-state index contributed by atoms with van der Waals surface area (Å²) >= 11 is 1.70. The first-order valence-corrected chi connectivity index (χ1v) is 11.8. The van der Waals surface area contributed by atoms with Crippen molar-refractivity contribution >= 4 is 17.7 Å². The van der Waals surface area contributed by atoms with E-state index < -0.39 is 0 Å². The van der Waals surface area contributed by atoms with Gasteiger partial charge in [0.25, 0.3) is 0 Å². The van der Waals surface area contributed by atoms with Crippen LogP contribution in [0.15, 0.2) is 29.2 Å². The van der Waals surface area contributed by atoms with Crippen molar-refractivity contribution in [3.63, 3.8) is 0 Å². The van der Waals surface area contributed by atoms with Gasteiger partial charge in [-0.05, 0) is 43.4 Å². The van der Waals surface area contributed by atoms with Crippen molar-refractivity contribution in [3.8, 4) is 5.75 Å². The molecular formula is C23H38O2S. The Hall–Kier alpha value is -0.960. The SMILES string of the molecule is CCCCCCCCC(CCCCCC)C(=O)Oc1ccc(SC)cc1. The molecule has 1 rings (SSSR count). The fourth-order valence-electron chi connectivity index (χ4n) is 3.21. The molecule has 2 nitrogen and oxygen atoms in total. The molecule has 0 aromatic heterocycles. The Morgan fingerprint density at radius 1 is 0.846 bits per heavy atom. The quantitative estimate of drug-likeness (QED) is 0.136. The molecule has 0 amide bonds. The molecule has 1 aromatic carbocycles. The lowest BCUT2D eigenvalue weighted by Gasteiger charge is -2.16. The van der Waals surface area contributed by atoms with Gasteiger partial charge in [0.15, 0.2) is 0 Å². The van der Waals surface area contributed by atoms with Crippen molar-refractivity contribution in [2.75, 3.05) is 6.26 Å². The molecule has 1 unspecified atom stereocenters. The van der Waals surface area contributed by atoms with E-state index >= 15 is 0 Å². The van der Waals surface area contributed by atoms with Crippen LogP contribution in [0.2, 0.25) is 0 Å². The molecule has 0 heterocycles. The van der Waals surface area contributed by atoms with Crippen LogP contribution in [0.5, 0.6) is 5.75 Å². The van der Waals surface area contributed by atoms with E-state index in [1.54, 1.807) is 11.8 Å². The monoisotopic (exact) mass is 378 g/mol. The third kappa shape index (κ3) is 10.3. The highest BCUT2D eigenvalue weighted by atomic mass is 32.2. The molecule has 0 aliphatic heterocycles. The van der Waals surface area contributed by atoms with Crippen LogP contribution < -0.4 is 4.74 Å². The third-order valence-corrected chi connectivity index (χ3v) is 5.67. The first-order valence-electron chi connectivity index (χ1n) is 10.6. The van der Waals surface area contributed by atoms with E-state index in [4.69, 9.17) is 4.74 Å². The molecule has 3 heteroatoms. The van der Waals surface area contributed by atoms with E-state index in [0.29, 0.717) is 5.75 Å². The van der Waals surface area contributed by atoms with E-state index in [-0.39, 0.29) is 11.9 Å². The van der Waals surface area contributed by atoms with E-state index in [9.17, 15) is 4.79 Å². The number of ether oxygens (including phenoxy) is 1. The second kappa shape index (κ2) is 15.1. The van der Waals surface area contributed by atoms with Crippen LogP contribution in [0.1, 0.15) is 90.9 Å². The number of esters is 1. The number of hydrogen-bond donors (Lipinski definition) is 0. The van der Waals surface area contributed by atoms with Crippen molar-refractivity contribution in [2.24, 2.45) is 5.92 Å². The predicted octanol–water partition coefficient (Wildman–Crippen LogP) is 7.65. The smallest absolute Gasteiger partial charge is 0.314 e. The molecule has 0 aliphatic carbocycles. The van der Waals surface area contributed by atoms with Gasteiger partial charge in [-0.25, -0.2) is 0 Å². The fraction of sp³-hybridized carbons (Fsp3) is 0.696. The number of unbranched alkanes of at least 4 members (excludes halogenated alkanes) is 8. The molecule has 0 saturated heterocycles. The van der Waals surface area contributed by atoms with Gasteiger partial charge in [0, 0.05) is 4.90 Å². The minimum Gasteiger partial charge on any atom is -0.426 e.